The van der Waals surface area contributed by atoms with Gasteiger partial charge in [-0.2, -0.15) is 0 Å². The number of benzene rings is 1. The second-order valence-electron chi connectivity index (χ2n) is 6.62. The Balaban J connectivity index is 2.06. The zero-order valence-electron chi connectivity index (χ0n) is 15.6. The molecular formula is C19H35N2O2PS. The van der Waals surface area contributed by atoms with Gasteiger partial charge in [-0.1, -0.05) is 57.6 Å². The zero-order valence-corrected chi connectivity index (χ0v) is 17.3. The number of nitrogens with one attached hydrogen (secondary N) is 1. The van der Waals surface area contributed by atoms with E-state index < -0.39 is 7.52 Å². The first-order chi connectivity index (χ1) is 12.0. The van der Waals surface area contributed by atoms with E-state index in [0.29, 0.717) is 13.0 Å². The molecule has 0 fully saturated rings. The first-order valence-corrected chi connectivity index (χ1v) is 12.4. The van der Waals surface area contributed by atoms with Gasteiger partial charge in [-0.15, -0.1) is 11.8 Å². The quantitative estimate of drug-likeness (QED) is 0.221. The van der Waals surface area contributed by atoms with Crippen LogP contribution in [0.2, 0.25) is 0 Å². The number of thioether (sulfide) groups is 1. The van der Waals surface area contributed by atoms with E-state index in [4.69, 9.17) is 10.4 Å². The van der Waals surface area contributed by atoms with Gasteiger partial charge >= 0.3 is 0 Å². The molecule has 25 heavy (non-hydrogen) atoms. The van der Waals surface area contributed by atoms with Crippen molar-refractivity contribution < 1.29 is 9.46 Å². The van der Waals surface area contributed by atoms with E-state index >= 15 is 0 Å². The van der Waals surface area contributed by atoms with Gasteiger partial charge in [0.2, 0.25) is 0 Å². The molecule has 0 bridgehead atoms. The van der Waals surface area contributed by atoms with Gasteiger partial charge in [0.15, 0.2) is 0 Å². The summed E-state index contributed by atoms with van der Waals surface area (Å²) < 4.78 is 11.0. The monoisotopic (exact) mass is 386 g/mol. The molecule has 6 heteroatoms. The Bertz CT molecular complexity index is 491. The van der Waals surface area contributed by atoms with Gasteiger partial charge in [0, 0.05) is 17.6 Å². The summed E-state index contributed by atoms with van der Waals surface area (Å²) in [6.07, 6.45) is 10.3. The molecule has 0 aliphatic heterocycles. The van der Waals surface area contributed by atoms with E-state index in [1.54, 1.807) is 0 Å². The first-order valence-electron chi connectivity index (χ1n) is 9.54. The molecule has 1 aromatic rings. The average molecular weight is 387 g/mol. The molecule has 0 radical (unpaired) electrons. The molecule has 0 saturated carbocycles. The number of hydrogen-bond acceptors (Lipinski definition) is 3. The molecule has 1 atom stereocenters. The van der Waals surface area contributed by atoms with E-state index in [0.717, 1.165) is 6.54 Å². The van der Waals surface area contributed by atoms with E-state index in [9.17, 15) is 4.57 Å². The summed E-state index contributed by atoms with van der Waals surface area (Å²) in [5, 5.41) is 3.28. The second-order valence-corrected chi connectivity index (χ2v) is 9.75. The van der Waals surface area contributed by atoms with Crippen LogP contribution in [0.15, 0.2) is 29.2 Å². The van der Waals surface area contributed by atoms with Crippen molar-refractivity contribution in [3.8, 4) is 0 Å². The van der Waals surface area contributed by atoms with Crippen LogP contribution in [0.1, 0.15) is 63.9 Å². The third kappa shape index (κ3) is 13.5. The van der Waals surface area contributed by atoms with Crippen molar-refractivity contribution in [1.82, 2.24) is 5.32 Å². The fraction of sp³-hybridized carbons (Fsp3) is 0.684. The number of unbranched alkanes of at least 4 members (excludes halogenated alkanes) is 6. The summed E-state index contributed by atoms with van der Waals surface area (Å²) in [4.78, 5) is 10.4. The summed E-state index contributed by atoms with van der Waals surface area (Å²) >= 11 is 1.94. The maximum atomic E-state index is 11.0. The van der Waals surface area contributed by atoms with Gasteiger partial charge in [0.05, 0.1) is 0 Å². The molecule has 4 N–H and O–H groups in total. The topological polar surface area (TPSA) is 75.3 Å². The smallest absolute Gasteiger partial charge is 0.264 e. The molecule has 4 nitrogen and oxygen atoms in total. The van der Waals surface area contributed by atoms with Crippen LogP contribution in [0.3, 0.4) is 0 Å². The van der Waals surface area contributed by atoms with Crippen molar-refractivity contribution in [2.24, 2.45) is 5.50 Å². The van der Waals surface area contributed by atoms with Crippen molar-refractivity contribution in [3.05, 3.63) is 29.8 Å². The molecule has 0 aromatic heterocycles. The SMILES string of the molecule is CCCCCCCCCSc1ccc(CNCCCP(N)(=O)O)cc1. The van der Waals surface area contributed by atoms with E-state index in [1.807, 2.05) is 11.8 Å². The summed E-state index contributed by atoms with van der Waals surface area (Å²) in [5.74, 6) is 1.20. The summed E-state index contributed by atoms with van der Waals surface area (Å²) in [6, 6.07) is 8.68. The molecule has 0 aliphatic rings. The summed E-state index contributed by atoms with van der Waals surface area (Å²) in [7, 11) is -3.35. The lowest BCUT2D eigenvalue weighted by Gasteiger charge is -2.07. The Labute approximate surface area is 157 Å². The predicted octanol–water partition coefficient (Wildman–Crippen LogP) is 5.15. The molecular weight excluding hydrogens is 351 g/mol. The lowest BCUT2D eigenvalue weighted by Crippen LogP contribution is -2.16. The van der Waals surface area contributed by atoms with Crippen molar-refractivity contribution in [2.75, 3.05) is 18.5 Å². The minimum absolute atomic E-state index is 0.175. The third-order valence-electron chi connectivity index (χ3n) is 4.10. The highest BCUT2D eigenvalue weighted by atomic mass is 32.2. The van der Waals surface area contributed by atoms with E-state index in [-0.39, 0.29) is 6.16 Å². The molecule has 1 rings (SSSR count). The van der Waals surface area contributed by atoms with Gasteiger partial charge in [-0.25, -0.2) is 0 Å². The molecule has 144 valence electrons. The largest absolute Gasteiger partial charge is 0.333 e. The van der Waals surface area contributed by atoms with Gasteiger partial charge < -0.3 is 10.2 Å². The molecule has 1 unspecified atom stereocenters. The fourth-order valence-electron chi connectivity index (χ4n) is 2.62. The molecule has 0 spiro atoms. The van der Waals surface area contributed by atoms with Gasteiger partial charge in [0.1, 0.15) is 0 Å². The number of rotatable bonds is 15. The minimum Gasteiger partial charge on any atom is -0.333 e. The minimum atomic E-state index is -3.35. The van der Waals surface area contributed by atoms with Gasteiger partial charge in [-0.3, -0.25) is 10.1 Å². The highest BCUT2D eigenvalue weighted by Crippen LogP contribution is 2.29. The normalized spacial score (nSPS) is 13.7. The molecule has 0 saturated heterocycles. The van der Waals surface area contributed by atoms with E-state index in [2.05, 4.69) is 36.5 Å². The maximum Gasteiger partial charge on any atom is 0.264 e. The maximum absolute atomic E-state index is 11.0. The molecule has 0 heterocycles. The Morgan fingerprint density at radius 2 is 1.68 bits per heavy atom. The Kier molecular flexibility index (Phi) is 12.6. The van der Waals surface area contributed by atoms with Crippen LogP contribution >= 0.6 is 19.3 Å². The van der Waals surface area contributed by atoms with E-state index in [1.165, 1.54) is 61.2 Å². The third-order valence-corrected chi connectivity index (χ3v) is 6.16. The van der Waals surface area contributed by atoms with Crippen LogP contribution in [-0.2, 0) is 11.1 Å². The highest BCUT2D eigenvalue weighted by Gasteiger charge is 2.08. The van der Waals surface area contributed by atoms with Crippen molar-refractivity contribution >= 4 is 19.3 Å². The fourth-order valence-corrected chi connectivity index (χ4v) is 4.14. The van der Waals surface area contributed by atoms with Crippen LogP contribution in [0.5, 0.6) is 0 Å². The lowest BCUT2D eigenvalue weighted by molar-refractivity contribution is 0.476. The van der Waals surface area contributed by atoms with Crippen LogP contribution in [-0.4, -0.2) is 23.4 Å². The second kappa shape index (κ2) is 13.8. The average Bonchev–Trinajstić information content (AvgIpc) is 2.57. The lowest BCUT2D eigenvalue weighted by atomic mass is 10.1. The van der Waals surface area contributed by atoms with Crippen LogP contribution in [0, 0.1) is 0 Å². The Hall–Kier alpha value is -0.320. The zero-order chi connectivity index (χ0) is 18.4. The van der Waals surface area contributed by atoms with Crippen molar-refractivity contribution in [1.29, 1.82) is 0 Å². The highest BCUT2D eigenvalue weighted by molar-refractivity contribution is 7.99. The van der Waals surface area contributed by atoms with Crippen LogP contribution in [0.25, 0.3) is 0 Å². The number of nitrogens with two attached hydrogens (primary N) is 1. The van der Waals surface area contributed by atoms with Crippen molar-refractivity contribution in [3.63, 3.8) is 0 Å². The van der Waals surface area contributed by atoms with Crippen LogP contribution in [0.4, 0.5) is 0 Å². The first kappa shape index (κ1) is 22.7. The molecule has 0 amide bonds. The summed E-state index contributed by atoms with van der Waals surface area (Å²) in [5.41, 5.74) is 6.35. The van der Waals surface area contributed by atoms with Crippen molar-refractivity contribution in [2.45, 2.75) is 69.7 Å². The standard InChI is InChI=1S/C19H35N2O2PS/c1-2-3-4-5-6-7-8-16-25-19-12-10-18(11-13-19)17-21-14-9-15-24(20,22)23/h10-13,21H,2-9,14-17H2,1H3,(H3,20,22,23). The Morgan fingerprint density at radius 1 is 1.04 bits per heavy atom. The number of hydrogen-bond donors (Lipinski definition) is 3. The molecule has 0 aliphatic carbocycles. The van der Waals surface area contributed by atoms with Crippen LogP contribution < -0.4 is 10.8 Å². The van der Waals surface area contributed by atoms with Gasteiger partial charge in [-0.05, 0) is 42.8 Å². The van der Waals surface area contributed by atoms with Gasteiger partial charge in [0.25, 0.3) is 7.52 Å². The summed E-state index contributed by atoms with van der Waals surface area (Å²) in [6.45, 7) is 3.74. The molecule has 1 aromatic carbocycles. The Morgan fingerprint density at radius 3 is 2.32 bits per heavy atom. The predicted molar refractivity (Wildman–Crippen MR) is 110 cm³/mol.